The average molecular weight is 242 g/mol. The summed E-state index contributed by atoms with van der Waals surface area (Å²) in [5, 5.41) is 11.8. The maximum Gasteiger partial charge on any atom is 0.307 e. The molecular weight excluding hydrogens is 220 g/mol. The van der Waals surface area contributed by atoms with Gasteiger partial charge in [0.25, 0.3) is 0 Å². The molecule has 0 aromatic carbocycles. The predicted molar refractivity (Wildman–Crippen MR) is 64.6 cm³/mol. The van der Waals surface area contributed by atoms with Crippen molar-refractivity contribution in [3.8, 4) is 0 Å². The molecule has 5 heteroatoms. The van der Waals surface area contributed by atoms with Crippen molar-refractivity contribution in [2.45, 2.75) is 33.2 Å². The molecule has 98 valence electrons. The summed E-state index contributed by atoms with van der Waals surface area (Å²) in [6.07, 6.45) is 0.636. The number of amides is 1. The molecule has 2 unspecified atom stereocenters. The van der Waals surface area contributed by atoms with Gasteiger partial charge in [-0.15, -0.1) is 0 Å². The lowest BCUT2D eigenvalue weighted by Gasteiger charge is -2.23. The summed E-state index contributed by atoms with van der Waals surface area (Å²) >= 11 is 0. The SMILES string of the molecule is CC(C)CNC(=O)C(C)N1CCC(C(=O)O)C1. The van der Waals surface area contributed by atoms with Gasteiger partial charge in [-0.2, -0.15) is 0 Å². The van der Waals surface area contributed by atoms with Crippen LogP contribution in [0.5, 0.6) is 0 Å². The number of likely N-dealkylation sites (tertiary alicyclic amines) is 1. The number of hydrogen-bond acceptors (Lipinski definition) is 3. The molecule has 0 spiro atoms. The lowest BCUT2D eigenvalue weighted by Crippen LogP contribution is -2.45. The van der Waals surface area contributed by atoms with Crippen molar-refractivity contribution >= 4 is 11.9 Å². The number of carboxylic acids is 1. The van der Waals surface area contributed by atoms with E-state index >= 15 is 0 Å². The second kappa shape index (κ2) is 6.00. The standard InChI is InChI=1S/C12H22N2O3/c1-8(2)6-13-11(15)9(3)14-5-4-10(7-14)12(16)17/h8-10H,4-7H2,1-3H3,(H,13,15)(H,16,17). The van der Waals surface area contributed by atoms with E-state index in [2.05, 4.69) is 5.32 Å². The molecule has 0 bridgehead atoms. The van der Waals surface area contributed by atoms with E-state index in [-0.39, 0.29) is 17.9 Å². The summed E-state index contributed by atoms with van der Waals surface area (Å²) in [5.41, 5.74) is 0. The molecule has 1 rings (SSSR count). The summed E-state index contributed by atoms with van der Waals surface area (Å²) < 4.78 is 0. The van der Waals surface area contributed by atoms with Crippen LogP contribution in [0.4, 0.5) is 0 Å². The highest BCUT2D eigenvalue weighted by Crippen LogP contribution is 2.18. The molecule has 1 amide bonds. The zero-order valence-corrected chi connectivity index (χ0v) is 10.8. The number of aliphatic carboxylic acids is 1. The largest absolute Gasteiger partial charge is 0.481 e. The van der Waals surface area contributed by atoms with Crippen molar-refractivity contribution in [3.05, 3.63) is 0 Å². The third-order valence-corrected chi connectivity index (χ3v) is 3.18. The van der Waals surface area contributed by atoms with Gasteiger partial charge in [-0.3, -0.25) is 14.5 Å². The van der Waals surface area contributed by atoms with Crippen LogP contribution in [-0.4, -0.2) is 47.6 Å². The Hall–Kier alpha value is -1.10. The van der Waals surface area contributed by atoms with Crippen molar-refractivity contribution in [1.82, 2.24) is 10.2 Å². The Balaban J connectivity index is 2.40. The molecule has 1 aliphatic heterocycles. The first-order chi connectivity index (χ1) is 7.91. The predicted octanol–water partition coefficient (Wildman–Crippen LogP) is 0.554. The van der Waals surface area contributed by atoms with E-state index in [4.69, 9.17) is 5.11 Å². The molecule has 0 aliphatic carbocycles. The van der Waals surface area contributed by atoms with Gasteiger partial charge in [-0.05, 0) is 25.8 Å². The first-order valence-corrected chi connectivity index (χ1v) is 6.16. The van der Waals surface area contributed by atoms with Crippen molar-refractivity contribution in [2.75, 3.05) is 19.6 Å². The van der Waals surface area contributed by atoms with E-state index in [1.165, 1.54) is 0 Å². The summed E-state index contributed by atoms with van der Waals surface area (Å²) in [6.45, 7) is 7.75. The second-order valence-corrected chi connectivity index (χ2v) is 5.13. The summed E-state index contributed by atoms with van der Waals surface area (Å²) in [7, 11) is 0. The Morgan fingerprint density at radius 2 is 2.06 bits per heavy atom. The average Bonchev–Trinajstić information content (AvgIpc) is 2.73. The highest BCUT2D eigenvalue weighted by Gasteiger charge is 2.32. The summed E-state index contributed by atoms with van der Waals surface area (Å²) in [5.74, 6) is -0.668. The van der Waals surface area contributed by atoms with E-state index in [0.717, 1.165) is 0 Å². The monoisotopic (exact) mass is 242 g/mol. The zero-order valence-electron chi connectivity index (χ0n) is 10.8. The van der Waals surface area contributed by atoms with Crippen molar-refractivity contribution in [3.63, 3.8) is 0 Å². The van der Waals surface area contributed by atoms with Crippen LogP contribution in [0.25, 0.3) is 0 Å². The minimum absolute atomic E-state index is 0.00950. The van der Waals surface area contributed by atoms with E-state index in [1.54, 1.807) is 0 Å². The molecule has 2 atom stereocenters. The van der Waals surface area contributed by atoms with E-state index in [1.807, 2.05) is 25.7 Å². The Bertz CT molecular complexity index is 291. The fraction of sp³-hybridized carbons (Fsp3) is 0.833. The van der Waals surface area contributed by atoms with Crippen LogP contribution in [0, 0.1) is 11.8 Å². The van der Waals surface area contributed by atoms with Crippen LogP contribution >= 0.6 is 0 Å². The topological polar surface area (TPSA) is 69.6 Å². The first-order valence-electron chi connectivity index (χ1n) is 6.16. The molecule has 0 aromatic heterocycles. The number of rotatable bonds is 5. The van der Waals surface area contributed by atoms with E-state index < -0.39 is 5.97 Å². The quantitative estimate of drug-likeness (QED) is 0.739. The molecule has 1 heterocycles. The van der Waals surface area contributed by atoms with Gasteiger partial charge >= 0.3 is 5.97 Å². The fourth-order valence-corrected chi connectivity index (χ4v) is 1.96. The van der Waals surface area contributed by atoms with Gasteiger partial charge in [-0.25, -0.2) is 0 Å². The van der Waals surface area contributed by atoms with Gasteiger partial charge < -0.3 is 10.4 Å². The molecule has 1 saturated heterocycles. The van der Waals surface area contributed by atoms with E-state index in [0.29, 0.717) is 32.0 Å². The van der Waals surface area contributed by atoms with Gasteiger partial charge in [0.1, 0.15) is 0 Å². The summed E-state index contributed by atoms with van der Waals surface area (Å²) in [6, 6.07) is -0.238. The lowest BCUT2D eigenvalue weighted by molar-refractivity contribution is -0.141. The molecule has 0 aromatic rings. The summed E-state index contributed by atoms with van der Waals surface area (Å²) in [4.78, 5) is 24.6. The van der Waals surface area contributed by atoms with Crippen LogP contribution in [0.15, 0.2) is 0 Å². The number of nitrogens with zero attached hydrogens (tertiary/aromatic N) is 1. The van der Waals surface area contributed by atoms with Crippen LogP contribution in [0.2, 0.25) is 0 Å². The maximum atomic E-state index is 11.8. The van der Waals surface area contributed by atoms with Gasteiger partial charge in [-0.1, -0.05) is 13.8 Å². The second-order valence-electron chi connectivity index (χ2n) is 5.13. The highest BCUT2D eigenvalue weighted by atomic mass is 16.4. The molecule has 0 radical (unpaired) electrons. The molecule has 5 nitrogen and oxygen atoms in total. The van der Waals surface area contributed by atoms with Crippen molar-refractivity contribution in [2.24, 2.45) is 11.8 Å². The highest BCUT2D eigenvalue weighted by molar-refractivity contribution is 5.81. The van der Waals surface area contributed by atoms with Crippen molar-refractivity contribution in [1.29, 1.82) is 0 Å². The fourth-order valence-electron chi connectivity index (χ4n) is 1.96. The molecule has 2 N–H and O–H groups in total. The molecule has 0 saturated carbocycles. The Morgan fingerprint density at radius 1 is 1.41 bits per heavy atom. The number of nitrogens with one attached hydrogen (secondary N) is 1. The molecule has 1 aliphatic rings. The van der Waals surface area contributed by atoms with Crippen LogP contribution in [0.3, 0.4) is 0 Å². The van der Waals surface area contributed by atoms with Crippen LogP contribution < -0.4 is 5.32 Å². The van der Waals surface area contributed by atoms with Gasteiger partial charge in [0.05, 0.1) is 12.0 Å². The maximum absolute atomic E-state index is 11.8. The number of carbonyl (C=O) groups excluding carboxylic acids is 1. The third kappa shape index (κ3) is 4.00. The molecule has 1 fully saturated rings. The smallest absolute Gasteiger partial charge is 0.307 e. The lowest BCUT2D eigenvalue weighted by atomic mass is 10.1. The minimum atomic E-state index is -0.762. The number of hydrogen-bond donors (Lipinski definition) is 2. The van der Waals surface area contributed by atoms with E-state index in [9.17, 15) is 9.59 Å². The van der Waals surface area contributed by atoms with Gasteiger partial charge in [0.15, 0.2) is 0 Å². The van der Waals surface area contributed by atoms with Gasteiger partial charge in [0, 0.05) is 13.1 Å². The molecule has 17 heavy (non-hydrogen) atoms. The Kier molecular flexibility index (Phi) is 4.93. The van der Waals surface area contributed by atoms with Crippen molar-refractivity contribution < 1.29 is 14.7 Å². The minimum Gasteiger partial charge on any atom is -0.481 e. The number of carbonyl (C=O) groups is 2. The third-order valence-electron chi connectivity index (χ3n) is 3.18. The Labute approximate surface area is 102 Å². The normalized spacial score (nSPS) is 22.7. The number of carboxylic acid groups (broad SMARTS) is 1. The zero-order chi connectivity index (χ0) is 13.0. The Morgan fingerprint density at radius 3 is 2.53 bits per heavy atom. The van der Waals surface area contributed by atoms with Crippen LogP contribution in [0.1, 0.15) is 27.2 Å². The molecular formula is C12H22N2O3. The van der Waals surface area contributed by atoms with Gasteiger partial charge in [0.2, 0.25) is 5.91 Å². The van der Waals surface area contributed by atoms with Crippen LogP contribution in [-0.2, 0) is 9.59 Å². The first kappa shape index (κ1) is 14.0.